The van der Waals surface area contributed by atoms with Crippen molar-refractivity contribution in [2.24, 2.45) is 0 Å². The molecule has 1 heterocycles. The van der Waals surface area contributed by atoms with Crippen LogP contribution in [0.15, 0.2) is 47.4 Å². The van der Waals surface area contributed by atoms with E-state index in [0.29, 0.717) is 27.2 Å². The van der Waals surface area contributed by atoms with Gasteiger partial charge < -0.3 is 15.5 Å². The Balaban J connectivity index is 1.54. The van der Waals surface area contributed by atoms with Crippen LogP contribution in [-0.2, 0) is 16.0 Å². The van der Waals surface area contributed by atoms with Gasteiger partial charge in [0.1, 0.15) is 10.9 Å². The number of carbonyl (C=O) groups excluding carboxylic acids is 2. The van der Waals surface area contributed by atoms with Crippen LogP contribution in [0.4, 0.5) is 0 Å². The average molecular weight is 449 g/mol. The van der Waals surface area contributed by atoms with E-state index in [1.165, 1.54) is 17.0 Å². The first-order valence-electron chi connectivity index (χ1n) is 8.62. The first kappa shape index (κ1) is 21.2. The van der Waals surface area contributed by atoms with Gasteiger partial charge >= 0.3 is 0 Å². The standard InChI is InChI=1S/C20H17ClN2O4S2/c21-14-4-1-12(2-5-14)10-17-19(27)23(20(28)29-17)11-18(26)22-8-7-13-3-6-15(24)16(25)9-13/h1-6,9-10,24-25H,7-8,11H2,(H,22,26). The Labute approximate surface area is 182 Å². The van der Waals surface area contributed by atoms with Crippen LogP contribution >= 0.6 is 35.6 Å². The van der Waals surface area contributed by atoms with Crippen LogP contribution in [0.1, 0.15) is 11.1 Å². The number of hydrogen-bond donors (Lipinski definition) is 3. The fourth-order valence-corrected chi connectivity index (χ4v) is 4.00. The molecular weight excluding hydrogens is 432 g/mol. The minimum absolute atomic E-state index is 0.163. The van der Waals surface area contributed by atoms with Gasteiger partial charge in [-0.05, 0) is 47.9 Å². The van der Waals surface area contributed by atoms with Gasteiger partial charge in [-0.3, -0.25) is 14.5 Å². The van der Waals surface area contributed by atoms with E-state index >= 15 is 0 Å². The molecule has 0 spiro atoms. The number of halogens is 1. The summed E-state index contributed by atoms with van der Waals surface area (Å²) in [6.45, 7) is 0.155. The maximum absolute atomic E-state index is 12.6. The topological polar surface area (TPSA) is 89.9 Å². The van der Waals surface area contributed by atoms with E-state index < -0.39 is 0 Å². The Bertz CT molecular complexity index is 992. The molecule has 0 aromatic heterocycles. The van der Waals surface area contributed by atoms with Crippen molar-refractivity contribution in [3.63, 3.8) is 0 Å². The van der Waals surface area contributed by atoms with Crippen LogP contribution in [0.25, 0.3) is 6.08 Å². The maximum Gasteiger partial charge on any atom is 0.266 e. The molecule has 0 radical (unpaired) electrons. The summed E-state index contributed by atoms with van der Waals surface area (Å²) < 4.78 is 0.328. The molecule has 2 aromatic carbocycles. The van der Waals surface area contributed by atoms with Crippen LogP contribution in [0.2, 0.25) is 5.02 Å². The maximum atomic E-state index is 12.6. The summed E-state index contributed by atoms with van der Waals surface area (Å²) in [5.74, 6) is -1.05. The van der Waals surface area contributed by atoms with Crippen LogP contribution < -0.4 is 5.32 Å². The number of rotatable bonds is 6. The Morgan fingerprint density at radius 1 is 1.17 bits per heavy atom. The predicted octanol–water partition coefficient (Wildman–Crippen LogP) is 3.31. The lowest BCUT2D eigenvalue weighted by atomic mass is 10.1. The fraction of sp³-hybridized carbons (Fsp3) is 0.150. The second-order valence-corrected chi connectivity index (χ2v) is 8.35. The molecule has 6 nitrogen and oxygen atoms in total. The largest absolute Gasteiger partial charge is 0.504 e. The smallest absolute Gasteiger partial charge is 0.266 e. The van der Waals surface area contributed by atoms with Crippen molar-refractivity contribution in [3.05, 3.63) is 63.5 Å². The van der Waals surface area contributed by atoms with E-state index in [1.54, 1.807) is 36.4 Å². The lowest BCUT2D eigenvalue weighted by molar-refractivity contribution is -0.128. The van der Waals surface area contributed by atoms with E-state index in [0.717, 1.165) is 22.9 Å². The molecule has 1 fully saturated rings. The second-order valence-electron chi connectivity index (χ2n) is 6.24. The van der Waals surface area contributed by atoms with Crippen molar-refractivity contribution >= 4 is 57.8 Å². The summed E-state index contributed by atoms with van der Waals surface area (Å²) in [4.78, 5) is 26.5. The van der Waals surface area contributed by atoms with E-state index in [-0.39, 0.29) is 29.9 Å². The van der Waals surface area contributed by atoms with Crippen molar-refractivity contribution in [2.45, 2.75) is 6.42 Å². The van der Waals surface area contributed by atoms with Gasteiger partial charge in [0, 0.05) is 11.6 Å². The molecule has 0 saturated carbocycles. The molecule has 150 valence electrons. The van der Waals surface area contributed by atoms with Gasteiger partial charge in [0.2, 0.25) is 5.91 Å². The van der Waals surface area contributed by atoms with E-state index in [2.05, 4.69) is 5.32 Å². The summed E-state index contributed by atoms with van der Waals surface area (Å²) in [7, 11) is 0. The molecule has 3 rings (SSSR count). The third-order valence-corrected chi connectivity index (χ3v) is 5.75. The van der Waals surface area contributed by atoms with Crippen molar-refractivity contribution in [2.75, 3.05) is 13.1 Å². The third kappa shape index (κ3) is 5.50. The van der Waals surface area contributed by atoms with Gasteiger partial charge in [-0.15, -0.1) is 0 Å². The molecular formula is C20H17ClN2O4S2. The number of aromatic hydroxyl groups is 2. The van der Waals surface area contributed by atoms with Crippen LogP contribution in [-0.4, -0.2) is 44.3 Å². The highest BCUT2D eigenvalue weighted by molar-refractivity contribution is 8.26. The highest BCUT2D eigenvalue weighted by Gasteiger charge is 2.33. The van der Waals surface area contributed by atoms with Gasteiger partial charge in [0.05, 0.1) is 4.91 Å². The Hall–Kier alpha value is -2.55. The van der Waals surface area contributed by atoms with Crippen LogP contribution in [0.3, 0.4) is 0 Å². The van der Waals surface area contributed by atoms with Crippen LogP contribution in [0, 0.1) is 0 Å². The first-order valence-corrected chi connectivity index (χ1v) is 10.2. The lowest BCUT2D eigenvalue weighted by Crippen LogP contribution is -2.40. The molecule has 2 aromatic rings. The number of nitrogens with zero attached hydrogens (tertiary/aromatic N) is 1. The monoisotopic (exact) mass is 448 g/mol. The Kier molecular flexibility index (Phi) is 6.79. The summed E-state index contributed by atoms with van der Waals surface area (Å²) in [5, 5.41) is 22.1. The van der Waals surface area contributed by atoms with Gasteiger partial charge in [0.15, 0.2) is 11.5 Å². The molecule has 1 aliphatic heterocycles. The number of benzene rings is 2. The minimum Gasteiger partial charge on any atom is -0.504 e. The number of thiocarbonyl (C=S) groups is 1. The number of amides is 2. The van der Waals surface area contributed by atoms with Gasteiger partial charge in [-0.25, -0.2) is 0 Å². The van der Waals surface area contributed by atoms with Crippen molar-refractivity contribution < 1.29 is 19.8 Å². The lowest BCUT2D eigenvalue weighted by Gasteiger charge is -2.14. The van der Waals surface area contributed by atoms with Crippen molar-refractivity contribution in [1.82, 2.24) is 10.2 Å². The SMILES string of the molecule is O=C(CN1C(=O)C(=Cc2ccc(Cl)cc2)SC1=S)NCCc1ccc(O)c(O)c1. The molecule has 3 N–H and O–H groups in total. The van der Waals surface area contributed by atoms with Crippen LogP contribution in [0.5, 0.6) is 11.5 Å². The number of nitrogens with one attached hydrogen (secondary N) is 1. The molecule has 0 unspecified atom stereocenters. The normalized spacial score (nSPS) is 15.2. The fourth-order valence-electron chi connectivity index (χ4n) is 2.62. The zero-order valence-electron chi connectivity index (χ0n) is 15.1. The molecule has 1 saturated heterocycles. The van der Waals surface area contributed by atoms with E-state index in [9.17, 15) is 19.8 Å². The van der Waals surface area contributed by atoms with Crippen molar-refractivity contribution in [3.8, 4) is 11.5 Å². The molecule has 0 bridgehead atoms. The summed E-state index contributed by atoms with van der Waals surface area (Å²) in [5.41, 5.74) is 1.58. The van der Waals surface area contributed by atoms with E-state index in [4.69, 9.17) is 23.8 Å². The summed E-state index contributed by atoms with van der Waals surface area (Å²) >= 11 is 12.3. The van der Waals surface area contributed by atoms with Gasteiger partial charge in [-0.1, -0.05) is 53.8 Å². The highest BCUT2D eigenvalue weighted by Crippen LogP contribution is 2.32. The molecule has 0 aliphatic carbocycles. The second kappa shape index (κ2) is 9.30. The first-order chi connectivity index (χ1) is 13.8. The van der Waals surface area contributed by atoms with Gasteiger partial charge in [0.25, 0.3) is 5.91 Å². The summed E-state index contributed by atoms with van der Waals surface area (Å²) in [6.07, 6.45) is 2.18. The zero-order valence-corrected chi connectivity index (χ0v) is 17.5. The predicted molar refractivity (Wildman–Crippen MR) is 118 cm³/mol. The summed E-state index contributed by atoms with van der Waals surface area (Å²) in [6, 6.07) is 11.5. The number of phenolic OH excluding ortho intramolecular Hbond substituents is 2. The van der Waals surface area contributed by atoms with Gasteiger partial charge in [-0.2, -0.15) is 0 Å². The number of phenols is 2. The van der Waals surface area contributed by atoms with Crippen molar-refractivity contribution in [1.29, 1.82) is 0 Å². The third-order valence-electron chi connectivity index (χ3n) is 4.12. The number of carbonyl (C=O) groups is 2. The molecule has 29 heavy (non-hydrogen) atoms. The molecule has 9 heteroatoms. The van der Waals surface area contributed by atoms with E-state index in [1.807, 2.05) is 0 Å². The molecule has 1 aliphatic rings. The quantitative estimate of drug-likeness (QED) is 0.357. The highest BCUT2D eigenvalue weighted by atomic mass is 35.5. The number of thioether (sulfide) groups is 1. The Morgan fingerprint density at radius 3 is 2.59 bits per heavy atom. The Morgan fingerprint density at radius 2 is 1.90 bits per heavy atom. The minimum atomic E-state index is -0.336. The number of hydrogen-bond acceptors (Lipinski definition) is 6. The molecule has 0 atom stereocenters. The zero-order chi connectivity index (χ0) is 21.0. The average Bonchev–Trinajstić information content (AvgIpc) is 2.94. The molecule has 2 amide bonds.